The Balaban J connectivity index is 1.64. The molecule has 2 aromatic rings. The van der Waals surface area contributed by atoms with Crippen LogP contribution in [0.25, 0.3) is 0 Å². The number of carbonyl (C=O) groups is 1. The molecule has 170 valence electrons. The Hall–Kier alpha value is -3.23. The highest BCUT2D eigenvalue weighted by atomic mass is 16.6. The zero-order valence-corrected chi connectivity index (χ0v) is 18.9. The number of carbonyl (C=O) groups excluding carboxylic acids is 1. The molecule has 1 saturated heterocycles. The molecular weight excluding hydrogens is 410 g/mol. The van der Waals surface area contributed by atoms with Crippen LogP contribution in [0.5, 0.6) is 0 Å². The Morgan fingerprint density at radius 1 is 1.25 bits per heavy atom. The second kappa shape index (κ2) is 8.03. The molecule has 1 aliphatic heterocycles. The van der Waals surface area contributed by atoms with E-state index in [4.69, 9.17) is 4.74 Å². The first-order valence-electron chi connectivity index (χ1n) is 10.9. The van der Waals surface area contributed by atoms with Gasteiger partial charge in [0.05, 0.1) is 17.1 Å². The number of hydrogen-bond acceptors (Lipinski definition) is 8. The number of rotatable bonds is 6. The third-order valence-electron chi connectivity index (χ3n) is 6.33. The van der Waals surface area contributed by atoms with Crippen LogP contribution in [-0.4, -0.2) is 40.1 Å². The summed E-state index contributed by atoms with van der Waals surface area (Å²) in [4.78, 5) is 34.2. The van der Waals surface area contributed by atoms with Crippen molar-refractivity contribution in [3.8, 4) is 0 Å². The lowest BCUT2D eigenvalue weighted by atomic mass is 9.65. The van der Waals surface area contributed by atoms with E-state index >= 15 is 0 Å². The summed E-state index contributed by atoms with van der Waals surface area (Å²) >= 11 is 0. The zero-order valence-electron chi connectivity index (χ0n) is 18.9. The van der Waals surface area contributed by atoms with Gasteiger partial charge in [0.15, 0.2) is 0 Å². The summed E-state index contributed by atoms with van der Waals surface area (Å²) in [5.41, 5.74) is 1.17. The van der Waals surface area contributed by atoms with Crippen LogP contribution in [0.1, 0.15) is 57.3 Å². The van der Waals surface area contributed by atoms with E-state index in [1.165, 1.54) is 6.33 Å². The van der Waals surface area contributed by atoms with E-state index in [-0.39, 0.29) is 28.4 Å². The molecule has 1 saturated carbocycles. The Morgan fingerprint density at radius 2 is 1.97 bits per heavy atom. The third kappa shape index (κ3) is 4.24. The van der Waals surface area contributed by atoms with Crippen LogP contribution in [0.4, 0.5) is 23.0 Å². The van der Waals surface area contributed by atoms with Crippen molar-refractivity contribution in [3.63, 3.8) is 0 Å². The number of fused-ring (bicyclic) bond motifs is 2. The largest absolute Gasteiger partial charge is 0.462 e. The fourth-order valence-electron chi connectivity index (χ4n) is 5.59. The van der Waals surface area contributed by atoms with Crippen molar-refractivity contribution < 1.29 is 14.5 Å². The molecule has 4 rings (SSSR count). The lowest BCUT2D eigenvalue weighted by Crippen LogP contribution is -2.35. The number of benzene rings is 1. The zero-order chi connectivity index (χ0) is 23.1. The molecule has 1 N–H and O–H groups in total. The number of esters is 1. The minimum absolute atomic E-state index is 0.113. The maximum atomic E-state index is 12.1. The molecule has 1 aromatic heterocycles. The molecule has 0 amide bonds. The minimum Gasteiger partial charge on any atom is -0.462 e. The fourth-order valence-corrected chi connectivity index (χ4v) is 5.59. The molecular formula is C23H29N5O4. The summed E-state index contributed by atoms with van der Waals surface area (Å²) in [7, 11) is 0. The molecule has 1 aromatic carbocycles. The summed E-state index contributed by atoms with van der Waals surface area (Å²) in [6, 6.07) is 6.78. The van der Waals surface area contributed by atoms with Gasteiger partial charge in [0.25, 0.3) is 0 Å². The molecule has 2 aliphatic rings. The molecule has 9 nitrogen and oxygen atoms in total. The van der Waals surface area contributed by atoms with Crippen molar-refractivity contribution in [1.29, 1.82) is 0 Å². The van der Waals surface area contributed by atoms with Crippen LogP contribution in [0.2, 0.25) is 0 Å². The van der Waals surface area contributed by atoms with Crippen LogP contribution in [0.3, 0.4) is 0 Å². The lowest BCUT2D eigenvalue weighted by Gasteiger charge is -2.39. The van der Waals surface area contributed by atoms with Crippen LogP contribution >= 0.6 is 0 Å². The summed E-state index contributed by atoms with van der Waals surface area (Å²) in [5, 5.41) is 15.1. The van der Waals surface area contributed by atoms with Crippen LogP contribution in [0.15, 0.2) is 30.6 Å². The Kier molecular flexibility index (Phi) is 5.52. The number of nitrogens with one attached hydrogen (secondary N) is 1. The first-order chi connectivity index (χ1) is 15.1. The second-order valence-corrected chi connectivity index (χ2v) is 9.92. The van der Waals surface area contributed by atoms with Gasteiger partial charge in [-0.05, 0) is 61.3 Å². The van der Waals surface area contributed by atoms with Gasteiger partial charge in [-0.15, -0.1) is 0 Å². The third-order valence-corrected chi connectivity index (χ3v) is 6.33. The van der Waals surface area contributed by atoms with Crippen LogP contribution < -0.4 is 10.2 Å². The Bertz CT molecular complexity index is 1040. The van der Waals surface area contributed by atoms with Gasteiger partial charge in [-0.2, -0.15) is 0 Å². The molecule has 1 aliphatic carbocycles. The maximum absolute atomic E-state index is 12.1. The molecule has 0 spiro atoms. The highest BCUT2D eigenvalue weighted by molar-refractivity contribution is 5.90. The van der Waals surface area contributed by atoms with E-state index in [0.717, 1.165) is 25.8 Å². The molecule has 2 heterocycles. The standard InChI is InChI=1S/C23H29N5O4/c1-5-32-21(29)15-6-8-16(9-7-15)26-19-18(28(30)31)20(25-14-24-19)27-13-23(4)11-17(27)10-22(2,3)12-23/h6-9,14,17H,5,10-13H2,1-4H3,(H,24,25,26). The van der Waals surface area contributed by atoms with Gasteiger partial charge in [0.2, 0.25) is 11.6 Å². The number of ether oxygens (including phenoxy) is 1. The smallest absolute Gasteiger partial charge is 0.353 e. The van der Waals surface area contributed by atoms with Crippen molar-refractivity contribution in [3.05, 3.63) is 46.3 Å². The monoisotopic (exact) mass is 439 g/mol. The summed E-state index contributed by atoms with van der Waals surface area (Å²) in [6.45, 7) is 9.58. The second-order valence-electron chi connectivity index (χ2n) is 9.92. The number of nitro groups is 1. The first-order valence-corrected chi connectivity index (χ1v) is 10.9. The quantitative estimate of drug-likeness (QED) is 0.391. The molecule has 32 heavy (non-hydrogen) atoms. The maximum Gasteiger partial charge on any atom is 0.353 e. The van der Waals surface area contributed by atoms with Crippen molar-refractivity contribution >= 4 is 29.0 Å². The Morgan fingerprint density at radius 3 is 2.62 bits per heavy atom. The van der Waals surface area contributed by atoms with Crippen molar-refractivity contribution in [1.82, 2.24) is 9.97 Å². The highest BCUT2D eigenvalue weighted by Gasteiger charge is 2.51. The molecule has 9 heteroatoms. The van der Waals surface area contributed by atoms with E-state index < -0.39 is 10.9 Å². The van der Waals surface area contributed by atoms with Gasteiger partial charge in [-0.1, -0.05) is 20.8 Å². The van der Waals surface area contributed by atoms with Gasteiger partial charge in [0, 0.05) is 18.3 Å². The predicted octanol–water partition coefficient (Wildman–Crippen LogP) is 4.71. The summed E-state index contributed by atoms with van der Waals surface area (Å²) in [5.74, 6) is 0.0859. The van der Waals surface area contributed by atoms with E-state index in [1.807, 2.05) is 0 Å². The molecule has 2 unspecified atom stereocenters. The average Bonchev–Trinajstić information content (AvgIpc) is 2.97. The molecule has 2 bridgehead atoms. The van der Waals surface area contributed by atoms with Gasteiger partial charge in [-0.3, -0.25) is 10.1 Å². The van der Waals surface area contributed by atoms with Gasteiger partial charge < -0.3 is 15.0 Å². The van der Waals surface area contributed by atoms with E-state index in [0.29, 0.717) is 23.7 Å². The van der Waals surface area contributed by atoms with Crippen LogP contribution in [0, 0.1) is 20.9 Å². The van der Waals surface area contributed by atoms with E-state index in [1.54, 1.807) is 31.2 Å². The number of aromatic nitrogens is 2. The van der Waals surface area contributed by atoms with E-state index in [9.17, 15) is 14.9 Å². The van der Waals surface area contributed by atoms with Crippen molar-refractivity contribution in [2.24, 2.45) is 10.8 Å². The predicted molar refractivity (Wildman–Crippen MR) is 121 cm³/mol. The van der Waals surface area contributed by atoms with Gasteiger partial charge >= 0.3 is 11.7 Å². The van der Waals surface area contributed by atoms with Gasteiger partial charge in [0.1, 0.15) is 6.33 Å². The normalized spacial score (nSPS) is 23.6. The SMILES string of the molecule is CCOC(=O)c1ccc(Nc2ncnc(N3CC4(C)CC3CC(C)(C)C4)c2[N+](=O)[O-])cc1. The number of hydrogen-bond donors (Lipinski definition) is 1. The first kappa shape index (κ1) is 22.0. The summed E-state index contributed by atoms with van der Waals surface area (Å²) < 4.78 is 4.99. The summed E-state index contributed by atoms with van der Waals surface area (Å²) in [6.07, 6.45) is 4.44. The van der Waals surface area contributed by atoms with Crippen molar-refractivity contribution in [2.45, 2.75) is 53.0 Å². The number of anilines is 3. The minimum atomic E-state index is -0.416. The van der Waals surface area contributed by atoms with E-state index in [2.05, 4.69) is 41.0 Å². The lowest BCUT2D eigenvalue weighted by molar-refractivity contribution is -0.383. The molecule has 2 atom stereocenters. The van der Waals surface area contributed by atoms with Gasteiger partial charge in [-0.25, -0.2) is 14.8 Å². The topological polar surface area (TPSA) is 110 Å². The molecule has 2 fully saturated rings. The number of nitrogens with zero attached hydrogens (tertiary/aromatic N) is 4. The fraction of sp³-hybridized carbons (Fsp3) is 0.522. The molecule has 0 radical (unpaired) electrons. The average molecular weight is 440 g/mol. The highest BCUT2D eigenvalue weighted by Crippen LogP contribution is 2.54. The van der Waals surface area contributed by atoms with Crippen molar-refractivity contribution in [2.75, 3.05) is 23.4 Å². The van der Waals surface area contributed by atoms with Crippen LogP contribution in [-0.2, 0) is 4.74 Å². The Labute approximate surface area is 187 Å².